The summed E-state index contributed by atoms with van der Waals surface area (Å²) >= 11 is 0. The Morgan fingerprint density at radius 1 is 1.18 bits per heavy atom. The molecular formula is C22H27FN4O6S. The van der Waals surface area contributed by atoms with Gasteiger partial charge in [0.15, 0.2) is 0 Å². The lowest BCUT2D eigenvalue weighted by atomic mass is 10.1. The number of nitro groups is 1. The Balaban J connectivity index is 2.40. The average Bonchev–Trinajstić information content (AvgIpc) is 2.79. The number of hydrogen-bond acceptors (Lipinski definition) is 6. The third-order valence-electron chi connectivity index (χ3n) is 4.99. The molecule has 0 saturated heterocycles. The molecule has 0 bridgehead atoms. The second-order valence-electron chi connectivity index (χ2n) is 7.66. The SMILES string of the molecule is CCCNC(=O)[C@H](C)N(Cc1ccc(F)cc1)C(=O)CN(c1cccc([N+](=O)[O-])c1)S(C)(=O)=O. The fourth-order valence-corrected chi connectivity index (χ4v) is 3.98. The average molecular weight is 495 g/mol. The van der Waals surface area contributed by atoms with Crippen molar-refractivity contribution in [2.24, 2.45) is 0 Å². The number of nitrogens with one attached hydrogen (secondary N) is 1. The van der Waals surface area contributed by atoms with Gasteiger partial charge >= 0.3 is 0 Å². The molecule has 0 aliphatic carbocycles. The molecule has 1 N–H and O–H groups in total. The lowest BCUT2D eigenvalue weighted by Crippen LogP contribution is -2.51. The molecule has 2 amide bonds. The standard InChI is InChI=1S/C22H27FN4O6S/c1-4-12-24-22(29)16(2)25(14-17-8-10-18(23)11-9-17)21(28)15-26(34(3,32)33)19-6-5-7-20(13-19)27(30)31/h5-11,13,16H,4,12,14-15H2,1-3H3,(H,24,29)/t16-/m0/s1. The number of amides is 2. The van der Waals surface area contributed by atoms with Gasteiger partial charge in [0.25, 0.3) is 5.69 Å². The molecule has 10 nitrogen and oxygen atoms in total. The minimum atomic E-state index is -4.01. The number of anilines is 1. The number of halogens is 1. The largest absolute Gasteiger partial charge is 0.354 e. The van der Waals surface area contributed by atoms with Gasteiger partial charge in [-0.3, -0.25) is 24.0 Å². The first-order valence-corrected chi connectivity index (χ1v) is 12.3. The molecule has 0 aliphatic rings. The Labute approximate surface area is 197 Å². The summed E-state index contributed by atoms with van der Waals surface area (Å²) < 4.78 is 39.0. The summed E-state index contributed by atoms with van der Waals surface area (Å²) in [4.78, 5) is 37.5. The summed E-state index contributed by atoms with van der Waals surface area (Å²) in [6.45, 7) is 3.00. The molecule has 2 aromatic carbocycles. The van der Waals surface area contributed by atoms with Crippen LogP contribution in [-0.2, 0) is 26.2 Å². The van der Waals surface area contributed by atoms with Crippen LogP contribution in [-0.4, -0.2) is 55.4 Å². The van der Waals surface area contributed by atoms with Crippen molar-refractivity contribution in [1.82, 2.24) is 10.2 Å². The number of carbonyl (C=O) groups excluding carboxylic acids is 2. The highest BCUT2D eigenvalue weighted by atomic mass is 32.2. The summed E-state index contributed by atoms with van der Waals surface area (Å²) in [6, 6.07) is 9.29. The van der Waals surface area contributed by atoms with Crippen molar-refractivity contribution in [3.05, 3.63) is 70.0 Å². The predicted octanol–water partition coefficient (Wildman–Crippen LogP) is 2.44. The highest BCUT2D eigenvalue weighted by molar-refractivity contribution is 7.92. The molecule has 184 valence electrons. The van der Waals surface area contributed by atoms with Crippen LogP contribution in [0.15, 0.2) is 48.5 Å². The predicted molar refractivity (Wildman–Crippen MR) is 125 cm³/mol. The maximum absolute atomic E-state index is 13.3. The minimum Gasteiger partial charge on any atom is -0.354 e. The molecule has 1 atom stereocenters. The van der Waals surface area contributed by atoms with E-state index in [-0.39, 0.29) is 17.9 Å². The van der Waals surface area contributed by atoms with Crippen LogP contribution in [0.25, 0.3) is 0 Å². The Morgan fingerprint density at radius 3 is 2.38 bits per heavy atom. The topological polar surface area (TPSA) is 130 Å². The maximum atomic E-state index is 13.3. The fraction of sp³-hybridized carbons (Fsp3) is 0.364. The van der Waals surface area contributed by atoms with Crippen LogP contribution in [0.1, 0.15) is 25.8 Å². The van der Waals surface area contributed by atoms with Crippen LogP contribution in [0.5, 0.6) is 0 Å². The summed E-state index contributed by atoms with van der Waals surface area (Å²) in [6.07, 6.45) is 1.56. The smallest absolute Gasteiger partial charge is 0.271 e. The van der Waals surface area contributed by atoms with Crippen molar-refractivity contribution in [2.45, 2.75) is 32.9 Å². The van der Waals surface area contributed by atoms with Gasteiger partial charge in [-0.2, -0.15) is 0 Å². The van der Waals surface area contributed by atoms with Crippen molar-refractivity contribution in [3.63, 3.8) is 0 Å². The molecule has 2 rings (SSSR count). The molecular weight excluding hydrogens is 467 g/mol. The van der Waals surface area contributed by atoms with Gasteiger partial charge in [-0.15, -0.1) is 0 Å². The van der Waals surface area contributed by atoms with E-state index in [0.29, 0.717) is 18.5 Å². The lowest BCUT2D eigenvalue weighted by molar-refractivity contribution is -0.384. The molecule has 0 heterocycles. The number of sulfonamides is 1. The number of nitrogens with zero attached hydrogens (tertiary/aromatic N) is 3. The Hall–Kier alpha value is -3.54. The number of benzene rings is 2. The van der Waals surface area contributed by atoms with Gasteiger partial charge < -0.3 is 10.2 Å². The van der Waals surface area contributed by atoms with Gasteiger partial charge in [0, 0.05) is 25.2 Å². The van der Waals surface area contributed by atoms with E-state index in [1.54, 1.807) is 0 Å². The molecule has 0 spiro atoms. The van der Waals surface area contributed by atoms with Gasteiger partial charge in [0.2, 0.25) is 21.8 Å². The normalized spacial score (nSPS) is 12.0. The Morgan fingerprint density at radius 2 is 1.82 bits per heavy atom. The van der Waals surface area contributed by atoms with E-state index in [9.17, 15) is 32.5 Å². The third-order valence-corrected chi connectivity index (χ3v) is 6.13. The molecule has 12 heteroatoms. The second kappa shape index (κ2) is 11.5. The monoisotopic (exact) mass is 494 g/mol. The summed E-state index contributed by atoms with van der Waals surface area (Å²) in [7, 11) is -4.01. The number of non-ortho nitro benzene ring substituents is 1. The Kier molecular flexibility index (Phi) is 9.07. The van der Waals surface area contributed by atoms with Crippen molar-refractivity contribution in [3.8, 4) is 0 Å². The van der Waals surface area contributed by atoms with Crippen LogP contribution in [0.3, 0.4) is 0 Å². The Bertz CT molecular complexity index is 1140. The highest BCUT2D eigenvalue weighted by Gasteiger charge is 2.30. The summed E-state index contributed by atoms with van der Waals surface area (Å²) in [5.74, 6) is -1.61. The summed E-state index contributed by atoms with van der Waals surface area (Å²) in [5.41, 5.74) is 0.134. The van der Waals surface area contributed by atoms with Crippen LogP contribution in [0.2, 0.25) is 0 Å². The van der Waals surface area contributed by atoms with Crippen molar-refractivity contribution in [1.29, 1.82) is 0 Å². The first-order chi connectivity index (χ1) is 15.9. The zero-order valence-electron chi connectivity index (χ0n) is 19.1. The maximum Gasteiger partial charge on any atom is 0.271 e. The summed E-state index contributed by atoms with van der Waals surface area (Å²) in [5, 5.41) is 13.8. The zero-order valence-corrected chi connectivity index (χ0v) is 19.9. The van der Waals surface area contributed by atoms with Crippen molar-refractivity contribution in [2.75, 3.05) is 23.7 Å². The van der Waals surface area contributed by atoms with E-state index >= 15 is 0 Å². The lowest BCUT2D eigenvalue weighted by Gasteiger charge is -2.31. The number of rotatable bonds is 11. The van der Waals surface area contributed by atoms with Crippen LogP contribution < -0.4 is 9.62 Å². The molecule has 0 fully saturated rings. The molecule has 2 aromatic rings. The first kappa shape index (κ1) is 26.7. The minimum absolute atomic E-state index is 0.0603. The van der Waals surface area contributed by atoms with E-state index in [4.69, 9.17) is 0 Å². The van der Waals surface area contributed by atoms with Crippen molar-refractivity contribution < 1.29 is 27.3 Å². The fourth-order valence-electron chi connectivity index (χ4n) is 3.14. The van der Waals surface area contributed by atoms with Crippen LogP contribution in [0, 0.1) is 15.9 Å². The molecule has 0 aromatic heterocycles. The van der Waals surface area contributed by atoms with E-state index in [1.807, 2.05) is 6.92 Å². The van der Waals surface area contributed by atoms with Crippen LogP contribution in [0.4, 0.5) is 15.8 Å². The van der Waals surface area contributed by atoms with Crippen LogP contribution >= 0.6 is 0 Å². The van der Waals surface area contributed by atoms with E-state index < -0.39 is 45.2 Å². The zero-order chi connectivity index (χ0) is 25.5. The molecule has 34 heavy (non-hydrogen) atoms. The second-order valence-corrected chi connectivity index (χ2v) is 9.57. The highest BCUT2D eigenvalue weighted by Crippen LogP contribution is 2.24. The third kappa shape index (κ3) is 7.24. The van der Waals surface area contributed by atoms with E-state index in [0.717, 1.165) is 16.6 Å². The number of hydrogen-bond donors (Lipinski definition) is 1. The molecule has 0 unspecified atom stereocenters. The van der Waals surface area contributed by atoms with E-state index in [2.05, 4.69) is 5.32 Å². The van der Waals surface area contributed by atoms with Gasteiger partial charge in [-0.1, -0.05) is 25.1 Å². The number of nitro benzene ring substituents is 1. The van der Waals surface area contributed by atoms with Gasteiger partial charge in [-0.05, 0) is 37.1 Å². The molecule has 0 saturated carbocycles. The number of carbonyl (C=O) groups is 2. The van der Waals surface area contributed by atoms with Gasteiger partial charge in [0.05, 0.1) is 16.9 Å². The van der Waals surface area contributed by atoms with E-state index in [1.165, 1.54) is 54.3 Å². The van der Waals surface area contributed by atoms with Gasteiger partial charge in [0.1, 0.15) is 18.4 Å². The van der Waals surface area contributed by atoms with Crippen molar-refractivity contribution >= 4 is 33.2 Å². The molecule has 0 radical (unpaired) electrons. The first-order valence-electron chi connectivity index (χ1n) is 10.5. The molecule has 0 aliphatic heterocycles. The van der Waals surface area contributed by atoms with Gasteiger partial charge in [-0.25, -0.2) is 12.8 Å². The quantitative estimate of drug-likeness (QED) is 0.377.